The van der Waals surface area contributed by atoms with E-state index in [1.807, 2.05) is 0 Å². The van der Waals surface area contributed by atoms with Gasteiger partial charge in [-0.2, -0.15) is 4.31 Å². The molecule has 0 fully saturated rings. The van der Waals surface area contributed by atoms with Gasteiger partial charge in [-0.25, -0.2) is 12.8 Å². The molecule has 0 aliphatic rings. The van der Waals surface area contributed by atoms with Crippen molar-refractivity contribution >= 4 is 49.1 Å². The van der Waals surface area contributed by atoms with E-state index < -0.39 is 28.3 Å². The Morgan fingerprint density at radius 2 is 1.57 bits per heavy atom. The summed E-state index contributed by atoms with van der Waals surface area (Å²) >= 11 is 9.21. The topological polar surface area (TPSA) is 66.5 Å². The van der Waals surface area contributed by atoms with Crippen molar-refractivity contribution in [1.82, 2.24) is 4.31 Å². The van der Waals surface area contributed by atoms with Crippen LogP contribution in [0.4, 0.5) is 10.1 Å². The van der Waals surface area contributed by atoms with Crippen molar-refractivity contribution in [1.29, 1.82) is 0 Å². The van der Waals surface area contributed by atoms with Gasteiger partial charge < -0.3 is 5.32 Å². The second-order valence-corrected chi connectivity index (χ2v) is 9.70. The summed E-state index contributed by atoms with van der Waals surface area (Å²) in [7, 11) is -3.98. The fourth-order valence-corrected chi connectivity index (χ4v) is 4.44. The highest BCUT2D eigenvalue weighted by molar-refractivity contribution is 9.10. The number of carbonyl (C=O) groups is 1. The van der Waals surface area contributed by atoms with Crippen molar-refractivity contribution < 1.29 is 17.6 Å². The number of hydrogen-bond donors (Lipinski definition) is 1. The standard InChI is InChI=1S/C21H17BrClFN2O3S/c22-16-3-1-15(2-4-16)13-26(30(28,29)20-11-5-17(23)6-12-20)14-21(27)25-19-9-7-18(24)8-10-19/h1-12H,13-14H2,(H,25,27). The summed E-state index contributed by atoms with van der Waals surface area (Å²) in [4.78, 5) is 12.6. The second-order valence-electron chi connectivity index (χ2n) is 6.41. The van der Waals surface area contributed by atoms with Gasteiger partial charge in [-0.15, -0.1) is 0 Å². The lowest BCUT2D eigenvalue weighted by molar-refractivity contribution is -0.116. The van der Waals surface area contributed by atoms with Gasteiger partial charge in [0.2, 0.25) is 15.9 Å². The summed E-state index contributed by atoms with van der Waals surface area (Å²) < 4.78 is 41.4. The molecule has 0 spiro atoms. The molecule has 0 heterocycles. The normalized spacial score (nSPS) is 11.5. The van der Waals surface area contributed by atoms with Gasteiger partial charge >= 0.3 is 0 Å². The molecule has 156 valence electrons. The number of nitrogens with one attached hydrogen (secondary N) is 1. The molecule has 3 aromatic rings. The van der Waals surface area contributed by atoms with E-state index in [1.54, 1.807) is 24.3 Å². The van der Waals surface area contributed by atoms with Gasteiger partial charge in [-0.1, -0.05) is 39.7 Å². The van der Waals surface area contributed by atoms with Crippen molar-refractivity contribution in [2.24, 2.45) is 0 Å². The van der Waals surface area contributed by atoms with Crippen LogP contribution < -0.4 is 5.32 Å². The number of nitrogens with zero attached hydrogens (tertiary/aromatic N) is 1. The first-order chi connectivity index (χ1) is 14.2. The summed E-state index contributed by atoms with van der Waals surface area (Å²) in [5.74, 6) is -0.980. The minimum absolute atomic E-state index is 0.00488. The predicted molar refractivity (Wildman–Crippen MR) is 118 cm³/mol. The number of benzene rings is 3. The number of sulfonamides is 1. The number of halogens is 3. The number of carbonyl (C=O) groups excluding carboxylic acids is 1. The summed E-state index contributed by atoms with van der Waals surface area (Å²) in [6.45, 7) is -0.423. The predicted octanol–water partition coefficient (Wildman–Crippen LogP) is 5.07. The van der Waals surface area contributed by atoms with Crippen molar-refractivity contribution in [3.05, 3.63) is 93.7 Å². The lowest BCUT2D eigenvalue weighted by Gasteiger charge is -2.22. The van der Waals surface area contributed by atoms with Crippen LogP contribution in [-0.4, -0.2) is 25.2 Å². The second kappa shape index (κ2) is 9.70. The Labute approximate surface area is 187 Å². The van der Waals surface area contributed by atoms with Gasteiger partial charge in [0.15, 0.2) is 0 Å². The van der Waals surface area contributed by atoms with Crippen LogP contribution in [-0.2, 0) is 21.4 Å². The molecule has 3 aromatic carbocycles. The fourth-order valence-electron chi connectivity index (χ4n) is 2.67. The molecule has 9 heteroatoms. The van der Waals surface area contributed by atoms with E-state index in [4.69, 9.17) is 11.6 Å². The molecule has 0 aliphatic carbocycles. The summed E-state index contributed by atoms with van der Waals surface area (Å²) in [6, 6.07) is 18.1. The molecule has 0 aromatic heterocycles. The highest BCUT2D eigenvalue weighted by atomic mass is 79.9. The van der Waals surface area contributed by atoms with Crippen LogP contribution in [0.1, 0.15) is 5.56 Å². The van der Waals surface area contributed by atoms with Crippen LogP contribution in [0.2, 0.25) is 5.02 Å². The van der Waals surface area contributed by atoms with E-state index in [9.17, 15) is 17.6 Å². The molecule has 0 unspecified atom stereocenters. The highest BCUT2D eigenvalue weighted by Gasteiger charge is 2.27. The van der Waals surface area contributed by atoms with Gasteiger partial charge in [-0.3, -0.25) is 4.79 Å². The third-order valence-electron chi connectivity index (χ3n) is 4.17. The van der Waals surface area contributed by atoms with Crippen LogP contribution in [0.3, 0.4) is 0 Å². The van der Waals surface area contributed by atoms with Crippen molar-refractivity contribution in [3.8, 4) is 0 Å². The highest BCUT2D eigenvalue weighted by Crippen LogP contribution is 2.21. The number of hydrogen-bond acceptors (Lipinski definition) is 3. The largest absolute Gasteiger partial charge is 0.325 e. The molecule has 1 N–H and O–H groups in total. The molecule has 0 atom stereocenters. The molecular weight excluding hydrogens is 495 g/mol. The fraction of sp³-hybridized carbons (Fsp3) is 0.0952. The van der Waals surface area contributed by atoms with E-state index in [2.05, 4.69) is 21.2 Å². The minimum atomic E-state index is -3.98. The monoisotopic (exact) mass is 510 g/mol. The summed E-state index contributed by atoms with van der Waals surface area (Å²) in [5, 5.41) is 2.99. The Bertz CT molecular complexity index is 1120. The zero-order valence-corrected chi connectivity index (χ0v) is 18.7. The molecule has 1 amide bonds. The van der Waals surface area contributed by atoms with Crippen LogP contribution in [0.15, 0.2) is 82.2 Å². The first kappa shape index (κ1) is 22.4. The van der Waals surface area contributed by atoms with Crippen molar-refractivity contribution in [2.75, 3.05) is 11.9 Å². The van der Waals surface area contributed by atoms with E-state index in [1.165, 1.54) is 48.5 Å². The average molecular weight is 512 g/mol. The van der Waals surface area contributed by atoms with E-state index in [0.29, 0.717) is 16.3 Å². The number of rotatable bonds is 7. The molecule has 0 saturated carbocycles. The van der Waals surface area contributed by atoms with Crippen LogP contribution in [0.25, 0.3) is 0 Å². The molecule has 5 nitrogen and oxygen atoms in total. The molecule has 0 saturated heterocycles. The van der Waals surface area contributed by atoms with Gasteiger partial charge in [0.1, 0.15) is 5.82 Å². The van der Waals surface area contributed by atoms with E-state index in [0.717, 1.165) is 8.78 Å². The van der Waals surface area contributed by atoms with Gasteiger partial charge in [-0.05, 0) is 66.2 Å². The van der Waals surface area contributed by atoms with Crippen molar-refractivity contribution in [3.63, 3.8) is 0 Å². The summed E-state index contributed by atoms with van der Waals surface area (Å²) in [6.07, 6.45) is 0. The lowest BCUT2D eigenvalue weighted by atomic mass is 10.2. The van der Waals surface area contributed by atoms with Gasteiger partial charge in [0.25, 0.3) is 0 Å². The van der Waals surface area contributed by atoms with Gasteiger partial charge in [0.05, 0.1) is 11.4 Å². The van der Waals surface area contributed by atoms with Crippen molar-refractivity contribution in [2.45, 2.75) is 11.4 Å². The first-order valence-corrected chi connectivity index (χ1v) is 11.4. The maximum absolute atomic E-state index is 13.2. The molecular formula is C21H17BrClFN2O3S. The summed E-state index contributed by atoms with van der Waals surface area (Å²) in [5.41, 5.74) is 1.08. The molecule has 30 heavy (non-hydrogen) atoms. The minimum Gasteiger partial charge on any atom is -0.325 e. The van der Waals surface area contributed by atoms with E-state index in [-0.39, 0.29) is 11.4 Å². The zero-order valence-electron chi connectivity index (χ0n) is 15.6. The number of amides is 1. The lowest BCUT2D eigenvalue weighted by Crippen LogP contribution is -2.37. The Hall–Kier alpha value is -2.26. The molecule has 3 rings (SSSR count). The number of anilines is 1. The Morgan fingerprint density at radius 1 is 0.967 bits per heavy atom. The average Bonchev–Trinajstić information content (AvgIpc) is 2.71. The molecule has 0 radical (unpaired) electrons. The molecule has 0 aliphatic heterocycles. The Kier molecular flexibility index (Phi) is 7.25. The maximum Gasteiger partial charge on any atom is 0.243 e. The van der Waals surface area contributed by atoms with Crippen LogP contribution in [0.5, 0.6) is 0 Å². The van der Waals surface area contributed by atoms with Crippen LogP contribution >= 0.6 is 27.5 Å². The third kappa shape index (κ3) is 5.89. The first-order valence-electron chi connectivity index (χ1n) is 8.79. The smallest absolute Gasteiger partial charge is 0.243 e. The quantitative estimate of drug-likeness (QED) is 0.482. The van der Waals surface area contributed by atoms with E-state index >= 15 is 0 Å². The Balaban J connectivity index is 1.86. The SMILES string of the molecule is O=C(CN(Cc1ccc(Br)cc1)S(=O)(=O)c1ccc(Cl)cc1)Nc1ccc(F)cc1. The van der Waals surface area contributed by atoms with Crippen LogP contribution in [0, 0.1) is 5.82 Å². The Morgan fingerprint density at radius 3 is 2.17 bits per heavy atom. The zero-order chi connectivity index (χ0) is 21.7. The molecule has 0 bridgehead atoms. The maximum atomic E-state index is 13.2. The van der Waals surface area contributed by atoms with Gasteiger partial charge in [0, 0.05) is 21.7 Å². The third-order valence-corrected chi connectivity index (χ3v) is 6.76.